The molecule has 0 N–H and O–H groups in total. The Bertz CT molecular complexity index is 567. The highest BCUT2D eigenvalue weighted by atomic mass is 16.2. The lowest BCUT2D eigenvalue weighted by Gasteiger charge is -2.14. The van der Waals surface area contributed by atoms with E-state index >= 15 is 0 Å². The summed E-state index contributed by atoms with van der Waals surface area (Å²) in [7, 11) is 0. The van der Waals surface area contributed by atoms with Gasteiger partial charge in [-0.25, -0.2) is 4.90 Å². The van der Waals surface area contributed by atoms with Gasteiger partial charge in [0.1, 0.15) is 0 Å². The fourth-order valence-electron chi connectivity index (χ4n) is 2.08. The summed E-state index contributed by atoms with van der Waals surface area (Å²) in [5.41, 5.74) is 2.19. The molecule has 0 fully saturated rings. The third-order valence-corrected chi connectivity index (χ3v) is 3.26. The van der Waals surface area contributed by atoms with Crippen LogP contribution >= 0.6 is 0 Å². The first-order chi connectivity index (χ1) is 9.63. The summed E-state index contributed by atoms with van der Waals surface area (Å²) in [4.78, 5) is 25.4. The van der Waals surface area contributed by atoms with Gasteiger partial charge in [0.05, 0.1) is 5.69 Å². The smallest absolute Gasteiger partial charge is 0.265 e. The highest BCUT2D eigenvalue weighted by Gasteiger charge is 2.30. The van der Waals surface area contributed by atoms with E-state index in [1.807, 2.05) is 25.1 Å². The van der Waals surface area contributed by atoms with Crippen molar-refractivity contribution in [2.24, 2.45) is 0 Å². The molecule has 1 heterocycles. The van der Waals surface area contributed by atoms with Gasteiger partial charge in [0.25, 0.3) is 11.8 Å². The summed E-state index contributed by atoms with van der Waals surface area (Å²) in [5, 5.41) is 0. The van der Waals surface area contributed by atoms with Crippen molar-refractivity contribution in [3.8, 4) is 0 Å². The zero-order valence-corrected chi connectivity index (χ0v) is 11.9. The van der Waals surface area contributed by atoms with Crippen LogP contribution in [0.2, 0.25) is 0 Å². The minimum atomic E-state index is -0.269. The van der Waals surface area contributed by atoms with Crippen molar-refractivity contribution >= 4 is 17.5 Å². The lowest BCUT2D eigenvalue weighted by atomic mass is 10.2. The quantitative estimate of drug-likeness (QED) is 0.605. The molecular weight excluding hydrogens is 250 g/mol. The summed E-state index contributed by atoms with van der Waals surface area (Å²) in [6.07, 6.45) is 8.26. The number of rotatable bonds is 5. The molecule has 1 aliphatic rings. The Morgan fingerprint density at radius 2 is 1.85 bits per heavy atom. The average Bonchev–Trinajstić information content (AvgIpc) is 2.71. The van der Waals surface area contributed by atoms with E-state index in [4.69, 9.17) is 0 Å². The van der Waals surface area contributed by atoms with Crippen LogP contribution in [0.5, 0.6) is 0 Å². The number of allylic oxidation sites excluding steroid dienone is 1. The van der Waals surface area contributed by atoms with Crippen LogP contribution in [0.25, 0.3) is 0 Å². The number of aryl methyl sites for hydroxylation is 1. The lowest BCUT2D eigenvalue weighted by molar-refractivity contribution is -0.120. The number of imide groups is 1. The maximum absolute atomic E-state index is 12.3. The van der Waals surface area contributed by atoms with E-state index < -0.39 is 0 Å². The number of unbranched alkanes of at least 4 members (excludes halogenated alkanes) is 2. The summed E-state index contributed by atoms with van der Waals surface area (Å²) in [6, 6.07) is 7.38. The van der Waals surface area contributed by atoms with E-state index in [-0.39, 0.29) is 11.8 Å². The molecule has 2 rings (SSSR count). The maximum Gasteiger partial charge on any atom is 0.265 e. The first-order valence-electron chi connectivity index (χ1n) is 6.97. The Kier molecular flexibility index (Phi) is 4.51. The van der Waals surface area contributed by atoms with E-state index in [1.54, 1.807) is 18.2 Å². The third-order valence-electron chi connectivity index (χ3n) is 3.26. The van der Waals surface area contributed by atoms with E-state index in [0.29, 0.717) is 11.3 Å². The molecule has 104 valence electrons. The Morgan fingerprint density at radius 1 is 1.15 bits per heavy atom. The molecule has 0 spiro atoms. The largest absolute Gasteiger partial charge is 0.269 e. The number of benzene rings is 1. The van der Waals surface area contributed by atoms with Gasteiger partial charge in [-0.2, -0.15) is 0 Å². The first kappa shape index (κ1) is 14.3. The van der Waals surface area contributed by atoms with Crippen molar-refractivity contribution in [1.29, 1.82) is 0 Å². The predicted octanol–water partition coefficient (Wildman–Crippen LogP) is 3.54. The molecule has 0 unspecified atom stereocenters. The third kappa shape index (κ3) is 3.05. The molecule has 0 radical (unpaired) electrons. The zero-order chi connectivity index (χ0) is 14.5. The number of carbonyl (C=O) groups is 2. The van der Waals surface area contributed by atoms with Crippen LogP contribution < -0.4 is 4.90 Å². The van der Waals surface area contributed by atoms with Crippen LogP contribution in [0.15, 0.2) is 48.1 Å². The van der Waals surface area contributed by atoms with Crippen LogP contribution in [0.4, 0.5) is 5.69 Å². The first-order valence-corrected chi connectivity index (χ1v) is 6.97. The minimum Gasteiger partial charge on any atom is -0.269 e. The van der Waals surface area contributed by atoms with Gasteiger partial charge < -0.3 is 0 Å². The Labute approximate surface area is 119 Å². The number of hydrogen-bond acceptors (Lipinski definition) is 2. The van der Waals surface area contributed by atoms with E-state index in [0.717, 1.165) is 24.8 Å². The molecule has 1 aliphatic heterocycles. The number of nitrogens with zero attached hydrogens (tertiary/aromatic N) is 1. The van der Waals surface area contributed by atoms with Gasteiger partial charge in [-0.05, 0) is 25.5 Å². The number of anilines is 1. The van der Waals surface area contributed by atoms with E-state index in [9.17, 15) is 9.59 Å². The van der Waals surface area contributed by atoms with Crippen molar-refractivity contribution in [2.75, 3.05) is 4.90 Å². The molecule has 0 bridgehead atoms. The van der Waals surface area contributed by atoms with Gasteiger partial charge in [0, 0.05) is 11.6 Å². The van der Waals surface area contributed by atoms with Gasteiger partial charge in [0.2, 0.25) is 0 Å². The second-order valence-corrected chi connectivity index (χ2v) is 4.96. The molecule has 0 aromatic heterocycles. The molecule has 0 atom stereocenters. The Balaban J connectivity index is 2.12. The molecule has 1 aromatic carbocycles. The summed E-state index contributed by atoms with van der Waals surface area (Å²) in [6.45, 7) is 4.09. The summed E-state index contributed by atoms with van der Waals surface area (Å²) < 4.78 is 0. The molecule has 1 aromatic rings. The minimum absolute atomic E-state index is 0.244. The molecule has 0 saturated carbocycles. The normalized spacial score (nSPS) is 15.3. The molecule has 3 nitrogen and oxygen atoms in total. The number of carbonyl (C=O) groups excluding carboxylic acids is 2. The molecule has 0 aliphatic carbocycles. The van der Waals surface area contributed by atoms with Crippen LogP contribution in [-0.4, -0.2) is 11.8 Å². The van der Waals surface area contributed by atoms with Crippen LogP contribution in [0.3, 0.4) is 0 Å². The van der Waals surface area contributed by atoms with Crippen molar-refractivity contribution in [1.82, 2.24) is 0 Å². The SMILES string of the molecule is CCCC/C=C\C1=CC(=O)N(c2ccc(C)cc2)C1=O. The summed E-state index contributed by atoms with van der Waals surface area (Å²) in [5.74, 6) is -0.513. The molecule has 20 heavy (non-hydrogen) atoms. The molecule has 2 amide bonds. The fraction of sp³-hybridized carbons (Fsp3) is 0.294. The van der Waals surface area contributed by atoms with E-state index in [1.165, 1.54) is 11.0 Å². The number of amides is 2. The standard InChI is InChI=1S/C17H19NO2/c1-3-4-5-6-7-14-12-16(19)18(17(14)20)15-10-8-13(2)9-11-15/h6-12H,3-5H2,1-2H3/b7-6-. The Hall–Kier alpha value is -2.16. The van der Waals surface area contributed by atoms with Crippen LogP contribution in [0, 0.1) is 6.92 Å². The Morgan fingerprint density at radius 3 is 2.50 bits per heavy atom. The average molecular weight is 269 g/mol. The van der Waals surface area contributed by atoms with Gasteiger partial charge >= 0.3 is 0 Å². The van der Waals surface area contributed by atoms with Crippen LogP contribution in [-0.2, 0) is 9.59 Å². The van der Waals surface area contributed by atoms with Gasteiger partial charge in [-0.1, -0.05) is 49.6 Å². The highest BCUT2D eigenvalue weighted by Crippen LogP contribution is 2.23. The summed E-state index contributed by atoms with van der Waals surface area (Å²) >= 11 is 0. The second kappa shape index (κ2) is 6.33. The van der Waals surface area contributed by atoms with E-state index in [2.05, 4.69) is 6.92 Å². The second-order valence-electron chi connectivity index (χ2n) is 4.96. The van der Waals surface area contributed by atoms with Gasteiger partial charge in [0.15, 0.2) is 0 Å². The highest BCUT2D eigenvalue weighted by molar-refractivity contribution is 6.31. The molecular formula is C17H19NO2. The van der Waals surface area contributed by atoms with Crippen molar-refractivity contribution in [3.63, 3.8) is 0 Å². The lowest BCUT2D eigenvalue weighted by Crippen LogP contribution is -2.30. The topological polar surface area (TPSA) is 37.4 Å². The monoisotopic (exact) mass is 269 g/mol. The predicted molar refractivity (Wildman–Crippen MR) is 80.4 cm³/mol. The van der Waals surface area contributed by atoms with Crippen LogP contribution in [0.1, 0.15) is 31.7 Å². The van der Waals surface area contributed by atoms with Gasteiger partial charge in [-0.3, -0.25) is 9.59 Å². The fourth-order valence-corrected chi connectivity index (χ4v) is 2.08. The van der Waals surface area contributed by atoms with Crippen molar-refractivity contribution in [3.05, 3.63) is 53.6 Å². The van der Waals surface area contributed by atoms with Crippen molar-refractivity contribution < 1.29 is 9.59 Å². The van der Waals surface area contributed by atoms with Crippen molar-refractivity contribution in [2.45, 2.75) is 33.1 Å². The zero-order valence-electron chi connectivity index (χ0n) is 11.9. The number of hydrogen-bond donors (Lipinski definition) is 0. The molecule has 3 heteroatoms. The molecule has 0 saturated heterocycles. The maximum atomic E-state index is 12.3. The van der Waals surface area contributed by atoms with Gasteiger partial charge in [-0.15, -0.1) is 0 Å².